The highest BCUT2D eigenvalue weighted by molar-refractivity contribution is 5.97. The highest BCUT2D eigenvalue weighted by Crippen LogP contribution is 2.46. The standard InChI is InChI=1S/C67H71N3O/c1-41(2)48-38-55(42(3)4)63(71)56(39-48)64-69-62-54(49-35-50(37-52(36-49)66(9,10)11)58-40-46(32-33-68-58)44-26-29-51(30-27-44)65(6,7)8)23-19-25-60(62)70(64)59-31-28-47(34-43(59)5)61-53(45-20-16-15-17-21-45)22-18-24-57(61)67(12,13)14/h15-42,71H,1-14H3/i5D3,6D3,7D3,8D3,26D,27D,29D,30D. The van der Waals surface area contributed by atoms with Crippen molar-refractivity contribution in [2.24, 2.45) is 0 Å². The van der Waals surface area contributed by atoms with Crippen LogP contribution in [0.5, 0.6) is 5.75 Å². The Morgan fingerprint density at radius 1 is 0.563 bits per heavy atom. The molecule has 0 atom stereocenters. The summed E-state index contributed by atoms with van der Waals surface area (Å²) < 4.78 is 141. The second-order valence-corrected chi connectivity index (χ2v) is 21.3. The van der Waals surface area contributed by atoms with Crippen LogP contribution in [-0.2, 0) is 16.2 Å². The molecule has 0 aliphatic heterocycles. The molecular formula is C67H71N3O. The molecule has 0 saturated carbocycles. The van der Waals surface area contributed by atoms with Crippen molar-refractivity contribution >= 4 is 11.0 Å². The fraction of sp³-hybridized carbons (Fsp3) is 0.284. The van der Waals surface area contributed by atoms with Gasteiger partial charge in [-0.25, -0.2) is 4.98 Å². The van der Waals surface area contributed by atoms with Crippen LogP contribution in [0.1, 0.15) is 157 Å². The number of rotatable bonds is 9. The summed E-state index contributed by atoms with van der Waals surface area (Å²) in [5.41, 5.74) is 4.90. The fourth-order valence-electron chi connectivity index (χ4n) is 9.37. The molecule has 1 N–H and O–H groups in total. The van der Waals surface area contributed by atoms with Crippen molar-refractivity contribution in [3.8, 4) is 78.6 Å². The molecule has 4 nitrogen and oxygen atoms in total. The summed E-state index contributed by atoms with van der Waals surface area (Å²) in [5, 5.41) is 12.5. The van der Waals surface area contributed by atoms with Gasteiger partial charge in [-0.2, -0.15) is 0 Å². The van der Waals surface area contributed by atoms with E-state index in [1.807, 2.05) is 136 Å². The number of para-hydroxylation sites is 1. The van der Waals surface area contributed by atoms with Crippen LogP contribution in [0.3, 0.4) is 0 Å². The first-order valence-corrected chi connectivity index (χ1v) is 24.2. The number of aryl methyl sites for hydroxylation is 1. The van der Waals surface area contributed by atoms with Gasteiger partial charge in [0.25, 0.3) is 0 Å². The minimum Gasteiger partial charge on any atom is -0.507 e. The van der Waals surface area contributed by atoms with Gasteiger partial charge in [-0.3, -0.25) is 9.55 Å². The predicted molar refractivity (Wildman–Crippen MR) is 302 cm³/mol. The summed E-state index contributed by atoms with van der Waals surface area (Å²) >= 11 is 0. The van der Waals surface area contributed by atoms with E-state index in [1.54, 1.807) is 6.07 Å². The zero-order valence-corrected chi connectivity index (χ0v) is 42.1. The Labute approximate surface area is 446 Å². The lowest BCUT2D eigenvalue weighted by Gasteiger charge is -2.26. The maximum absolute atomic E-state index is 12.5. The number of pyridine rings is 1. The van der Waals surface area contributed by atoms with E-state index in [4.69, 9.17) is 25.0 Å². The van der Waals surface area contributed by atoms with Crippen LogP contribution in [-0.4, -0.2) is 19.6 Å². The molecule has 71 heavy (non-hydrogen) atoms. The minimum absolute atomic E-state index is 0.0108. The quantitative estimate of drug-likeness (QED) is 0.157. The Morgan fingerprint density at radius 2 is 1.28 bits per heavy atom. The first-order chi connectivity index (χ1) is 40.2. The van der Waals surface area contributed by atoms with E-state index in [2.05, 4.69) is 46.8 Å². The first-order valence-electron chi connectivity index (χ1n) is 32.2. The third-order valence-electron chi connectivity index (χ3n) is 13.3. The normalized spacial score (nSPS) is 16.4. The summed E-state index contributed by atoms with van der Waals surface area (Å²) in [7, 11) is 0. The molecular weight excluding hydrogens is 863 g/mol. The molecule has 0 unspecified atom stereocenters. The van der Waals surface area contributed by atoms with Crippen molar-refractivity contribution in [3.05, 3.63) is 191 Å². The van der Waals surface area contributed by atoms with Gasteiger partial charge in [0.2, 0.25) is 0 Å². The van der Waals surface area contributed by atoms with E-state index in [-0.39, 0.29) is 39.7 Å². The molecule has 0 amide bonds. The summed E-state index contributed by atoms with van der Waals surface area (Å²) in [6.07, 6.45) is 1.40. The molecule has 4 heteroatoms. The number of phenolic OH excluding ortho intramolecular Hbond substituents is 1. The third kappa shape index (κ3) is 9.62. The van der Waals surface area contributed by atoms with Crippen molar-refractivity contribution in [3.63, 3.8) is 0 Å². The number of phenols is 1. The molecule has 0 aliphatic carbocycles. The molecule has 7 aromatic carbocycles. The smallest absolute Gasteiger partial charge is 0.149 e. The van der Waals surface area contributed by atoms with Gasteiger partial charge in [-0.15, -0.1) is 0 Å². The summed E-state index contributed by atoms with van der Waals surface area (Å²) in [6.45, 7) is 6.49. The molecule has 9 rings (SSSR count). The van der Waals surface area contributed by atoms with Crippen molar-refractivity contribution in [2.45, 2.75) is 125 Å². The zero-order chi connectivity index (χ0) is 64.2. The van der Waals surface area contributed by atoms with E-state index in [0.29, 0.717) is 61.6 Å². The van der Waals surface area contributed by atoms with E-state index in [9.17, 15) is 12.0 Å². The van der Waals surface area contributed by atoms with E-state index >= 15 is 0 Å². The number of hydrogen-bond donors (Lipinski definition) is 1. The lowest BCUT2D eigenvalue weighted by atomic mass is 9.78. The predicted octanol–water partition coefficient (Wildman–Crippen LogP) is 18.6. The van der Waals surface area contributed by atoms with Crippen molar-refractivity contribution in [1.29, 1.82) is 0 Å². The number of aromatic nitrogens is 3. The van der Waals surface area contributed by atoms with Crippen LogP contribution >= 0.6 is 0 Å². The monoisotopic (exact) mass is 950 g/mol. The Balaban J connectivity index is 1.32. The Morgan fingerprint density at radius 3 is 1.96 bits per heavy atom. The highest BCUT2D eigenvalue weighted by Gasteiger charge is 2.27. The van der Waals surface area contributed by atoms with Crippen molar-refractivity contribution in [1.82, 2.24) is 14.5 Å². The number of nitrogens with zero attached hydrogens (tertiary/aromatic N) is 3. The Hall–Kier alpha value is -7.04. The average Bonchev–Trinajstić information content (AvgIpc) is 1.11. The van der Waals surface area contributed by atoms with Crippen LogP contribution in [0, 0.1) is 6.85 Å². The van der Waals surface area contributed by atoms with Gasteiger partial charge in [0, 0.05) is 33.8 Å². The Kier molecular flexibility index (Phi) is 8.59. The number of fused-ring (bicyclic) bond motifs is 1. The van der Waals surface area contributed by atoms with Gasteiger partial charge >= 0.3 is 0 Å². The molecule has 2 aromatic heterocycles. The largest absolute Gasteiger partial charge is 0.507 e. The lowest BCUT2D eigenvalue weighted by molar-refractivity contribution is 0.466. The number of hydrogen-bond acceptors (Lipinski definition) is 3. The van der Waals surface area contributed by atoms with Crippen LogP contribution in [0.4, 0.5) is 0 Å². The van der Waals surface area contributed by atoms with Gasteiger partial charge < -0.3 is 5.11 Å². The van der Waals surface area contributed by atoms with Gasteiger partial charge in [-0.05, 0) is 156 Å². The van der Waals surface area contributed by atoms with Crippen molar-refractivity contribution < 1.29 is 27.0 Å². The second kappa shape index (κ2) is 18.6. The molecule has 0 radical (unpaired) electrons. The van der Waals surface area contributed by atoms with Crippen LogP contribution in [0.25, 0.3) is 83.9 Å². The van der Waals surface area contributed by atoms with E-state index in [0.717, 1.165) is 33.4 Å². The SMILES string of the molecule is [2H]c1c([2H])c(C(C([2H])([2H])[2H])(C([2H])([2H])[2H])C([2H])([2H])[2H])c([2H])c([2H])c1-c1ccnc(-c2cc(-c3cccc4c3nc(-c3cc(C(C)C)cc(C(C)C)c3O)n4-c3ccc(-c4c(-c5ccccc5)cccc4C(C)(C)C)cc3C([2H])([2H])[2H])cc(C(C)(C)C)c2)c1. The summed E-state index contributed by atoms with van der Waals surface area (Å²) in [6, 6.07) is 36.2. The van der Waals surface area contributed by atoms with Gasteiger partial charge in [0.15, 0.2) is 0 Å². The van der Waals surface area contributed by atoms with E-state index < -0.39 is 68.0 Å². The van der Waals surface area contributed by atoms with Gasteiger partial charge in [0.05, 0.1) is 33.5 Å². The van der Waals surface area contributed by atoms with E-state index in [1.165, 1.54) is 18.3 Å². The Bertz CT molecular complexity index is 4070. The van der Waals surface area contributed by atoms with Crippen molar-refractivity contribution in [2.75, 3.05) is 0 Å². The molecule has 2 heterocycles. The zero-order valence-electron chi connectivity index (χ0n) is 58.1. The average molecular weight is 950 g/mol. The number of imidazole rings is 1. The molecule has 0 bridgehead atoms. The van der Waals surface area contributed by atoms with Gasteiger partial charge in [-0.1, -0.05) is 193 Å². The maximum Gasteiger partial charge on any atom is 0.149 e. The van der Waals surface area contributed by atoms with Gasteiger partial charge in [0.1, 0.15) is 11.6 Å². The van der Waals surface area contributed by atoms with Crippen LogP contribution in [0.2, 0.25) is 0 Å². The highest BCUT2D eigenvalue weighted by atomic mass is 16.3. The summed E-state index contributed by atoms with van der Waals surface area (Å²) in [4.78, 5) is 10.2. The number of aromatic hydroxyl groups is 1. The lowest BCUT2D eigenvalue weighted by Crippen LogP contribution is -2.13. The molecule has 0 fully saturated rings. The molecule has 9 aromatic rings. The van der Waals surface area contributed by atoms with Crippen LogP contribution in [0.15, 0.2) is 158 Å². The first kappa shape index (κ1) is 32.8. The minimum atomic E-state index is -3.84. The molecule has 0 saturated heterocycles. The fourth-order valence-corrected chi connectivity index (χ4v) is 9.37. The molecule has 360 valence electrons. The topological polar surface area (TPSA) is 50.9 Å². The number of benzene rings is 7. The summed E-state index contributed by atoms with van der Waals surface area (Å²) in [5.74, 6) is 0.245. The molecule has 0 aliphatic rings. The molecule has 0 spiro atoms. The maximum atomic E-state index is 12.5. The second-order valence-electron chi connectivity index (χ2n) is 21.3. The van der Waals surface area contributed by atoms with Crippen LogP contribution < -0.4 is 0 Å². The third-order valence-corrected chi connectivity index (χ3v) is 13.3.